The molecule has 1 aliphatic heterocycles. The van der Waals surface area contributed by atoms with E-state index in [1.165, 1.54) is 0 Å². The van der Waals surface area contributed by atoms with Crippen LogP contribution in [0, 0.1) is 20.2 Å². The molecule has 0 amide bonds. The second-order valence-corrected chi connectivity index (χ2v) is 5.97. The number of hydrogen-bond donors (Lipinski definition) is 0. The number of ether oxygens (including phenoxy) is 4. The quantitative estimate of drug-likeness (QED) is 0.398. The van der Waals surface area contributed by atoms with Crippen molar-refractivity contribution in [1.82, 2.24) is 0 Å². The summed E-state index contributed by atoms with van der Waals surface area (Å²) in [7, 11) is 1.07. The first-order valence-electron chi connectivity index (χ1n) is 7.58. The molecule has 0 saturated carbocycles. The molecule has 1 aromatic carbocycles. The number of hydrogen-bond acceptors (Lipinski definition) is 10. The lowest BCUT2D eigenvalue weighted by atomic mass is 10.1. The predicted molar refractivity (Wildman–Crippen MR) is 85.9 cm³/mol. The van der Waals surface area contributed by atoms with Gasteiger partial charge in [0.25, 0.3) is 11.4 Å². The molecule has 1 fully saturated rings. The molecule has 0 bridgehead atoms. The molecule has 0 aromatic heterocycles. The minimum atomic E-state index is -1.53. The normalized spacial score (nSPS) is 19.1. The molecule has 0 aliphatic carbocycles. The van der Waals surface area contributed by atoms with E-state index in [1.807, 2.05) is 0 Å². The first kappa shape index (κ1) is 20.2. The van der Waals surface area contributed by atoms with Gasteiger partial charge in [-0.25, -0.2) is 9.59 Å². The number of esters is 2. The topological polar surface area (TPSA) is 157 Å². The Labute approximate surface area is 152 Å². The van der Waals surface area contributed by atoms with Crippen molar-refractivity contribution in [1.29, 1.82) is 0 Å². The molecule has 0 spiro atoms. The number of nitro benzene ring substituents is 2. The lowest BCUT2D eigenvalue weighted by Gasteiger charge is -2.22. The first-order valence-corrected chi connectivity index (χ1v) is 7.58. The van der Waals surface area contributed by atoms with Crippen molar-refractivity contribution in [2.45, 2.75) is 31.8 Å². The van der Waals surface area contributed by atoms with Crippen molar-refractivity contribution in [3.8, 4) is 0 Å². The molecule has 146 valence electrons. The third-order valence-electron chi connectivity index (χ3n) is 3.60. The van der Waals surface area contributed by atoms with E-state index in [-0.39, 0.29) is 6.61 Å². The van der Waals surface area contributed by atoms with Crippen LogP contribution in [0.4, 0.5) is 11.4 Å². The van der Waals surface area contributed by atoms with Gasteiger partial charge in [-0.15, -0.1) is 0 Å². The van der Waals surface area contributed by atoms with Crippen LogP contribution in [0.25, 0.3) is 0 Å². The lowest BCUT2D eigenvalue weighted by molar-refractivity contribution is -0.394. The number of methoxy groups -OCH3 is 1. The van der Waals surface area contributed by atoms with Crippen LogP contribution in [0.3, 0.4) is 0 Å². The summed E-state index contributed by atoms with van der Waals surface area (Å²) < 4.78 is 20.5. The number of carbonyl (C=O) groups excluding carboxylic acids is 2. The van der Waals surface area contributed by atoms with E-state index >= 15 is 0 Å². The summed E-state index contributed by atoms with van der Waals surface area (Å²) in [6.07, 6.45) is -2.51. The molecule has 0 N–H and O–H groups in total. The van der Waals surface area contributed by atoms with Crippen LogP contribution in [0.1, 0.15) is 24.2 Å². The van der Waals surface area contributed by atoms with Crippen LogP contribution >= 0.6 is 0 Å². The molecule has 27 heavy (non-hydrogen) atoms. The van der Waals surface area contributed by atoms with Gasteiger partial charge in [0.05, 0.1) is 35.2 Å². The fourth-order valence-corrected chi connectivity index (χ4v) is 2.36. The van der Waals surface area contributed by atoms with Crippen LogP contribution in [0.2, 0.25) is 0 Å². The molecule has 1 heterocycles. The number of nitro groups is 2. The Bertz CT molecular complexity index is 759. The first-order chi connectivity index (χ1) is 12.5. The number of benzene rings is 1. The van der Waals surface area contributed by atoms with Crippen LogP contribution in [-0.2, 0) is 23.7 Å². The van der Waals surface area contributed by atoms with E-state index in [4.69, 9.17) is 14.2 Å². The van der Waals surface area contributed by atoms with Gasteiger partial charge in [-0.3, -0.25) is 20.2 Å². The Morgan fingerprint density at radius 2 is 1.74 bits per heavy atom. The molecule has 12 heteroatoms. The summed E-state index contributed by atoms with van der Waals surface area (Å²) in [6.45, 7) is 3.11. The maximum atomic E-state index is 12.4. The summed E-state index contributed by atoms with van der Waals surface area (Å²) in [4.78, 5) is 44.4. The fraction of sp³-hybridized carbons (Fsp3) is 0.467. The van der Waals surface area contributed by atoms with Crippen molar-refractivity contribution < 1.29 is 38.4 Å². The van der Waals surface area contributed by atoms with Gasteiger partial charge >= 0.3 is 11.9 Å². The van der Waals surface area contributed by atoms with Gasteiger partial charge in [-0.1, -0.05) is 0 Å². The zero-order valence-electron chi connectivity index (χ0n) is 14.6. The van der Waals surface area contributed by atoms with E-state index in [1.54, 1.807) is 13.8 Å². The number of rotatable bonds is 6. The molecular weight excluding hydrogens is 368 g/mol. The molecule has 2 atom stereocenters. The highest BCUT2D eigenvalue weighted by Crippen LogP contribution is 2.28. The van der Waals surface area contributed by atoms with E-state index in [9.17, 15) is 29.8 Å². The van der Waals surface area contributed by atoms with Crippen LogP contribution in [0.5, 0.6) is 0 Å². The summed E-state index contributed by atoms with van der Waals surface area (Å²) in [6, 6.07) is 2.31. The zero-order valence-corrected chi connectivity index (χ0v) is 14.6. The maximum absolute atomic E-state index is 12.4. The van der Waals surface area contributed by atoms with Crippen LogP contribution < -0.4 is 0 Å². The Hall–Kier alpha value is -3.12. The van der Waals surface area contributed by atoms with Crippen LogP contribution in [0.15, 0.2) is 18.2 Å². The summed E-state index contributed by atoms with van der Waals surface area (Å²) in [5.41, 5.74) is -1.82. The maximum Gasteiger partial charge on any atom is 0.350 e. The second-order valence-electron chi connectivity index (χ2n) is 5.97. The predicted octanol–water partition coefficient (Wildman–Crippen LogP) is 1.35. The van der Waals surface area contributed by atoms with Crippen molar-refractivity contribution in [2.75, 3.05) is 13.7 Å². The van der Waals surface area contributed by atoms with Crippen molar-refractivity contribution >= 4 is 23.3 Å². The molecule has 0 radical (unpaired) electrons. The molecular formula is C15H16N2O10. The van der Waals surface area contributed by atoms with Crippen molar-refractivity contribution in [2.24, 2.45) is 0 Å². The largest absolute Gasteiger partial charge is 0.466 e. The summed E-state index contributed by atoms with van der Waals surface area (Å²) in [5, 5.41) is 21.9. The molecule has 1 aromatic rings. The highest BCUT2D eigenvalue weighted by Gasteiger charge is 2.43. The van der Waals surface area contributed by atoms with Gasteiger partial charge in [-0.05, 0) is 13.8 Å². The molecule has 2 rings (SSSR count). The van der Waals surface area contributed by atoms with Gasteiger partial charge in [0, 0.05) is 12.1 Å². The number of carbonyl (C=O) groups is 2. The minimum Gasteiger partial charge on any atom is -0.466 e. The van der Waals surface area contributed by atoms with E-state index in [2.05, 4.69) is 4.74 Å². The van der Waals surface area contributed by atoms with Crippen molar-refractivity contribution in [3.05, 3.63) is 44.0 Å². The molecule has 1 saturated heterocycles. The average molecular weight is 384 g/mol. The number of nitrogens with zero attached hydrogens (tertiary/aromatic N) is 2. The molecule has 12 nitrogen and oxygen atoms in total. The number of non-ortho nitro benzene ring substituents is 2. The third kappa shape index (κ3) is 4.74. The Morgan fingerprint density at radius 3 is 2.15 bits per heavy atom. The monoisotopic (exact) mass is 384 g/mol. The zero-order chi connectivity index (χ0) is 20.4. The molecule has 1 aliphatic rings. The van der Waals surface area contributed by atoms with Gasteiger partial charge in [0.1, 0.15) is 6.10 Å². The van der Waals surface area contributed by atoms with Crippen LogP contribution in [-0.4, -0.2) is 53.5 Å². The van der Waals surface area contributed by atoms with Gasteiger partial charge in [0.15, 0.2) is 5.79 Å². The average Bonchev–Trinajstić information content (AvgIpc) is 2.97. The second kappa shape index (κ2) is 7.63. The Balaban J connectivity index is 2.31. The fourth-order valence-electron chi connectivity index (χ4n) is 2.36. The highest BCUT2D eigenvalue weighted by atomic mass is 16.8. The molecule has 0 unspecified atom stereocenters. The minimum absolute atomic E-state index is 0.0743. The lowest BCUT2D eigenvalue weighted by Crippen LogP contribution is -2.41. The Kier molecular flexibility index (Phi) is 5.71. The summed E-state index contributed by atoms with van der Waals surface area (Å²) >= 11 is 0. The Morgan fingerprint density at radius 1 is 1.19 bits per heavy atom. The van der Waals surface area contributed by atoms with E-state index < -0.39 is 56.7 Å². The highest BCUT2D eigenvalue weighted by molar-refractivity contribution is 5.93. The smallest absolute Gasteiger partial charge is 0.350 e. The van der Waals surface area contributed by atoms with Gasteiger partial charge in [-0.2, -0.15) is 0 Å². The van der Waals surface area contributed by atoms with Crippen molar-refractivity contribution in [3.63, 3.8) is 0 Å². The van der Waals surface area contributed by atoms with E-state index in [0.29, 0.717) is 6.07 Å². The third-order valence-corrected chi connectivity index (χ3v) is 3.60. The van der Waals surface area contributed by atoms with Gasteiger partial charge in [0.2, 0.25) is 6.10 Å². The SMILES string of the molecule is COC(=O)[C@H](OC(=O)c1cc([N+](=O)[O-])cc([N+](=O)[O-])c1)[C@@H]1COC(C)(C)O1. The standard InChI is InChI=1S/C15H16N2O10/c1-15(2)25-7-11(27-15)12(14(19)24-3)26-13(18)8-4-9(16(20)21)6-10(5-8)17(22)23/h4-6,11-12H,7H2,1-3H3/t11-,12+/m0/s1. The summed E-state index contributed by atoms with van der Waals surface area (Å²) in [5.74, 6) is -3.15. The van der Waals surface area contributed by atoms with Gasteiger partial charge < -0.3 is 18.9 Å². The van der Waals surface area contributed by atoms with E-state index in [0.717, 1.165) is 19.2 Å².